The van der Waals surface area contributed by atoms with Gasteiger partial charge in [-0.05, 0) is 43.0 Å². The van der Waals surface area contributed by atoms with Crippen LogP contribution in [0.1, 0.15) is 18.4 Å². The van der Waals surface area contributed by atoms with Crippen LogP contribution in [-0.2, 0) is 21.2 Å². The molecule has 160 valence electrons. The van der Waals surface area contributed by atoms with Gasteiger partial charge in [0.25, 0.3) is 0 Å². The van der Waals surface area contributed by atoms with Gasteiger partial charge in [0.1, 0.15) is 16.5 Å². The number of likely N-dealkylation sites (tertiary alicyclic amines) is 1. The average Bonchev–Trinajstić information content (AvgIpc) is 3.33. The standard InChI is InChI=1S/C22H25FN2O4S/c1-29-19-8-7-18(23)15-20(19)30(27,28)25-14-11-22(16-25)10-13-24(21(22)26)12-9-17-5-3-2-4-6-17/h2-8,15H,9-14,16H2,1H3. The molecule has 0 aliphatic carbocycles. The minimum Gasteiger partial charge on any atom is -0.495 e. The van der Waals surface area contributed by atoms with Gasteiger partial charge in [-0.1, -0.05) is 30.3 Å². The molecule has 2 fully saturated rings. The monoisotopic (exact) mass is 432 g/mol. The largest absolute Gasteiger partial charge is 0.495 e. The maximum atomic E-state index is 13.7. The molecular weight excluding hydrogens is 407 g/mol. The van der Waals surface area contributed by atoms with Gasteiger partial charge in [0.05, 0.1) is 12.5 Å². The summed E-state index contributed by atoms with van der Waals surface area (Å²) in [5, 5.41) is 0. The molecule has 0 aromatic heterocycles. The Balaban J connectivity index is 1.48. The number of carbonyl (C=O) groups is 1. The first-order valence-electron chi connectivity index (χ1n) is 10.0. The highest BCUT2D eigenvalue weighted by Crippen LogP contribution is 2.43. The van der Waals surface area contributed by atoms with Crippen molar-refractivity contribution >= 4 is 15.9 Å². The van der Waals surface area contributed by atoms with Gasteiger partial charge in [-0.15, -0.1) is 0 Å². The van der Waals surface area contributed by atoms with Crippen molar-refractivity contribution in [2.45, 2.75) is 24.2 Å². The van der Waals surface area contributed by atoms with E-state index in [0.717, 1.165) is 18.6 Å². The van der Waals surface area contributed by atoms with Crippen molar-refractivity contribution in [1.29, 1.82) is 0 Å². The lowest BCUT2D eigenvalue weighted by Crippen LogP contribution is -2.39. The molecule has 4 rings (SSSR count). The third-order valence-corrected chi connectivity index (χ3v) is 8.04. The first kappa shape index (κ1) is 20.8. The Morgan fingerprint density at radius 1 is 1.10 bits per heavy atom. The quantitative estimate of drug-likeness (QED) is 0.704. The van der Waals surface area contributed by atoms with Crippen molar-refractivity contribution < 1.29 is 22.3 Å². The van der Waals surface area contributed by atoms with Crippen LogP contribution < -0.4 is 4.74 Å². The zero-order chi connectivity index (χ0) is 21.4. The lowest BCUT2D eigenvalue weighted by atomic mass is 9.86. The third kappa shape index (κ3) is 3.70. The fourth-order valence-electron chi connectivity index (χ4n) is 4.42. The number of methoxy groups -OCH3 is 1. The van der Waals surface area contributed by atoms with Gasteiger partial charge in [0.2, 0.25) is 15.9 Å². The molecule has 0 N–H and O–H groups in total. The second-order valence-electron chi connectivity index (χ2n) is 7.94. The van der Waals surface area contributed by atoms with Crippen molar-refractivity contribution in [3.8, 4) is 5.75 Å². The zero-order valence-electron chi connectivity index (χ0n) is 16.9. The van der Waals surface area contributed by atoms with E-state index in [1.54, 1.807) is 0 Å². The van der Waals surface area contributed by atoms with Crippen LogP contribution in [0.25, 0.3) is 0 Å². The number of hydrogen-bond donors (Lipinski definition) is 0. The molecule has 1 atom stereocenters. The number of sulfonamides is 1. The van der Waals surface area contributed by atoms with E-state index in [9.17, 15) is 17.6 Å². The summed E-state index contributed by atoms with van der Waals surface area (Å²) < 4.78 is 46.5. The third-order valence-electron chi connectivity index (χ3n) is 6.18. The number of nitrogens with zero attached hydrogens (tertiary/aromatic N) is 2. The Bertz CT molecular complexity index is 1040. The first-order valence-corrected chi connectivity index (χ1v) is 11.5. The van der Waals surface area contributed by atoms with Crippen LogP contribution >= 0.6 is 0 Å². The number of amides is 1. The number of benzene rings is 2. The van der Waals surface area contributed by atoms with Crippen LogP contribution in [0.2, 0.25) is 0 Å². The molecule has 2 saturated heterocycles. The Morgan fingerprint density at radius 3 is 2.57 bits per heavy atom. The van der Waals surface area contributed by atoms with Crippen LogP contribution in [0.3, 0.4) is 0 Å². The molecule has 0 radical (unpaired) electrons. The molecule has 2 aromatic carbocycles. The summed E-state index contributed by atoms with van der Waals surface area (Å²) in [6.45, 7) is 1.61. The van der Waals surface area contributed by atoms with E-state index in [2.05, 4.69) is 0 Å². The summed E-state index contributed by atoms with van der Waals surface area (Å²) in [6.07, 6.45) is 1.88. The van der Waals surface area contributed by atoms with E-state index in [-0.39, 0.29) is 29.6 Å². The Morgan fingerprint density at radius 2 is 1.83 bits per heavy atom. The molecule has 2 aliphatic heterocycles. The Hall–Kier alpha value is -2.45. The maximum absolute atomic E-state index is 13.7. The molecule has 8 heteroatoms. The highest BCUT2D eigenvalue weighted by atomic mass is 32.2. The van der Waals surface area contributed by atoms with E-state index >= 15 is 0 Å². The van der Waals surface area contributed by atoms with Crippen LogP contribution in [0.15, 0.2) is 53.4 Å². The molecule has 1 amide bonds. The fraction of sp³-hybridized carbons (Fsp3) is 0.409. The van der Waals surface area contributed by atoms with E-state index in [1.165, 1.54) is 23.0 Å². The van der Waals surface area contributed by atoms with Gasteiger partial charge in [-0.25, -0.2) is 12.8 Å². The molecule has 0 bridgehead atoms. The maximum Gasteiger partial charge on any atom is 0.246 e. The van der Waals surface area contributed by atoms with Crippen LogP contribution in [-0.4, -0.2) is 56.8 Å². The van der Waals surface area contributed by atoms with E-state index < -0.39 is 21.3 Å². The molecule has 2 heterocycles. The lowest BCUT2D eigenvalue weighted by molar-refractivity contribution is -0.135. The van der Waals surface area contributed by atoms with Gasteiger partial charge < -0.3 is 9.64 Å². The van der Waals surface area contributed by atoms with Crippen molar-refractivity contribution in [3.05, 3.63) is 59.9 Å². The average molecular weight is 433 g/mol. The molecule has 1 spiro atoms. The Kier molecular flexibility index (Phi) is 5.55. The normalized spacial score (nSPS) is 22.2. The summed E-state index contributed by atoms with van der Waals surface area (Å²) in [7, 11) is -2.62. The van der Waals surface area contributed by atoms with E-state index in [4.69, 9.17) is 4.74 Å². The molecule has 1 unspecified atom stereocenters. The van der Waals surface area contributed by atoms with Crippen LogP contribution in [0.4, 0.5) is 4.39 Å². The number of hydrogen-bond acceptors (Lipinski definition) is 4. The van der Waals surface area contributed by atoms with Crippen molar-refractivity contribution in [2.24, 2.45) is 5.41 Å². The molecule has 6 nitrogen and oxygen atoms in total. The molecule has 30 heavy (non-hydrogen) atoms. The predicted octanol–water partition coefficient (Wildman–Crippen LogP) is 2.69. The summed E-state index contributed by atoms with van der Waals surface area (Å²) >= 11 is 0. The van der Waals surface area contributed by atoms with Crippen molar-refractivity contribution in [3.63, 3.8) is 0 Å². The van der Waals surface area contributed by atoms with Crippen molar-refractivity contribution in [1.82, 2.24) is 9.21 Å². The van der Waals surface area contributed by atoms with Gasteiger partial charge in [0.15, 0.2) is 0 Å². The first-order chi connectivity index (χ1) is 14.4. The van der Waals surface area contributed by atoms with Crippen molar-refractivity contribution in [2.75, 3.05) is 33.3 Å². The summed E-state index contributed by atoms with van der Waals surface area (Å²) in [5.74, 6) is -0.533. The second-order valence-corrected chi connectivity index (χ2v) is 9.85. The number of carbonyl (C=O) groups excluding carboxylic acids is 1. The lowest BCUT2D eigenvalue weighted by Gasteiger charge is -2.24. The highest BCUT2D eigenvalue weighted by molar-refractivity contribution is 7.89. The molecular formula is C22H25FN2O4S. The molecule has 2 aromatic rings. The SMILES string of the molecule is COc1ccc(F)cc1S(=O)(=O)N1CCC2(CCN(CCc3ccccc3)C2=O)C1. The minimum absolute atomic E-state index is 0.0161. The Labute approximate surface area is 176 Å². The van der Waals surface area contributed by atoms with Crippen LogP contribution in [0.5, 0.6) is 5.75 Å². The van der Waals surface area contributed by atoms with Gasteiger partial charge in [0, 0.05) is 26.2 Å². The van der Waals surface area contributed by atoms with Crippen LogP contribution in [0, 0.1) is 11.2 Å². The van der Waals surface area contributed by atoms with E-state index in [1.807, 2.05) is 35.2 Å². The zero-order valence-corrected chi connectivity index (χ0v) is 17.7. The van der Waals surface area contributed by atoms with Gasteiger partial charge in [-0.2, -0.15) is 4.31 Å². The van der Waals surface area contributed by atoms with Gasteiger partial charge >= 0.3 is 0 Å². The highest BCUT2D eigenvalue weighted by Gasteiger charge is 2.53. The number of halogens is 1. The summed E-state index contributed by atoms with van der Waals surface area (Å²) in [4.78, 5) is 14.8. The fourth-order valence-corrected chi connectivity index (χ4v) is 6.12. The summed E-state index contributed by atoms with van der Waals surface area (Å²) in [6, 6.07) is 13.4. The number of rotatable bonds is 6. The minimum atomic E-state index is -3.97. The topological polar surface area (TPSA) is 66.9 Å². The second kappa shape index (κ2) is 8.00. The number of ether oxygens (including phenoxy) is 1. The summed E-state index contributed by atoms with van der Waals surface area (Å²) in [5.41, 5.74) is 0.477. The molecule has 2 aliphatic rings. The predicted molar refractivity (Wildman–Crippen MR) is 110 cm³/mol. The smallest absolute Gasteiger partial charge is 0.246 e. The van der Waals surface area contributed by atoms with Gasteiger partial charge in [-0.3, -0.25) is 4.79 Å². The van der Waals surface area contributed by atoms with E-state index in [0.29, 0.717) is 25.9 Å². The molecule has 0 saturated carbocycles.